The van der Waals surface area contributed by atoms with Crippen molar-refractivity contribution in [1.29, 1.82) is 0 Å². The number of anilines is 1. The molecule has 0 spiro atoms. The van der Waals surface area contributed by atoms with Gasteiger partial charge in [0.2, 0.25) is 0 Å². The smallest absolute Gasteiger partial charge is 0.120 e. The summed E-state index contributed by atoms with van der Waals surface area (Å²) in [5, 5.41) is 0. The van der Waals surface area contributed by atoms with Crippen molar-refractivity contribution in [2.45, 2.75) is 6.54 Å². The van der Waals surface area contributed by atoms with Gasteiger partial charge in [0.1, 0.15) is 5.75 Å². The van der Waals surface area contributed by atoms with Gasteiger partial charge in [-0.25, -0.2) is 0 Å². The van der Waals surface area contributed by atoms with Crippen molar-refractivity contribution < 1.29 is 9.47 Å². The fraction of sp³-hybridized carbons (Fsp3) is 0.500. The molecule has 5 heteroatoms. The number of nitrogen functional groups attached to an aromatic ring is 1. The number of ether oxygens (including phenoxy) is 2. The third-order valence-corrected chi connectivity index (χ3v) is 3.58. The van der Waals surface area contributed by atoms with E-state index < -0.39 is 0 Å². The lowest BCUT2D eigenvalue weighted by Gasteiger charge is -2.27. The van der Waals surface area contributed by atoms with Crippen molar-refractivity contribution >= 4 is 21.6 Å². The van der Waals surface area contributed by atoms with E-state index in [1.807, 2.05) is 12.1 Å². The molecule has 1 aromatic rings. The largest absolute Gasteiger partial charge is 0.497 e. The highest BCUT2D eigenvalue weighted by molar-refractivity contribution is 9.10. The van der Waals surface area contributed by atoms with Gasteiger partial charge in [0.25, 0.3) is 0 Å². The molecule has 94 valence electrons. The highest BCUT2D eigenvalue weighted by Gasteiger charge is 2.14. The Morgan fingerprint density at radius 3 is 2.76 bits per heavy atom. The number of nitrogens with two attached hydrogens (primary N) is 1. The van der Waals surface area contributed by atoms with Crippen molar-refractivity contribution in [2.24, 2.45) is 0 Å². The Balaban J connectivity index is 2.15. The first-order valence-electron chi connectivity index (χ1n) is 5.62. The molecule has 1 fully saturated rings. The van der Waals surface area contributed by atoms with Crippen LogP contribution >= 0.6 is 15.9 Å². The molecule has 0 amide bonds. The number of nitrogens with zero attached hydrogens (tertiary/aromatic N) is 1. The molecule has 1 aliphatic rings. The monoisotopic (exact) mass is 300 g/mol. The summed E-state index contributed by atoms with van der Waals surface area (Å²) in [6.45, 7) is 4.34. The van der Waals surface area contributed by atoms with Gasteiger partial charge in [-0.05, 0) is 33.6 Å². The van der Waals surface area contributed by atoms with Gasteiger partial charge in [-0.3, -0.25) is 4.90 Å². The van der Waals surface area contributed by atoms with Gasteiger partial charge in [0.05, 0.1) is 26.0 Å². The molecule has 1 aromatic carbocycles. The van der Waals surface area contributed by atoms with E-state index in [0.717, 1.165) is 54.3 Å². The minimum atomic E-state index is 0.789. The van der Waals surface area contributed by atoms with Crippen LogP contribution in [0.3, 0.4) is 0 Å². The summed E-state index contributed by atoms with van der Waals surface area (Å²) in [5.41, 5.74) is 7.95. The molecular weight excluding hydrogens is 284 g/mol. The molecule has 1 aliphatic heterocycles. The standard InChI is InChI=1S/C12H17BrN2O2/c1-16-10-6-9(12(14)11(13)7-10)8-15-2-4-17-5-3-15/h6-7H,2-5,8,14H2,1H3. The molecule has 0 aliphatic carbocycles. The predicted molar refractivity (Wildman–Crippen MR) is 71.2 cm³/mol. The topological polar surface area (TPSA) is 47.7 Å². The van der Waals surface area contributed by atoms with Gasteiger partial charge in [0.15, 0.2) is 0 Å². The Morgan fingerprint density at radius 1 is 1.41 bits per heavy atom. The quantitative estimate of drug-likeness (QED) is 0.866. The Hall–Kier alpha value is -0.780. The SMILES string of the molecule is COc1cc(Br)c(N)c(CN2CCOCC2)c1. The molecule has 0 atom stereocenters. The van der Waals surface area contributed by atoms with Crippen molar-refractivity contribution in [2.75, 3.05) is 39.1 Å². The lowest BCUT2D eigenvalue weighted by atomic mass is 10.1. The molecule has 0 bridgehead atoms. The second-order valence-electron chi connectivity index (χ2n) is 4.07. The van der Waals surface area contributed by atoms with Crippen molar-refractivity contribution in [3.63, 3.8) is 0 Å². The van der Waals surface area contributed by atoms with Crippen molar-refractivity contribution in [3.05, 3.63) is 22.2 Å². The molecule has 4 nitrogen and oxygen atoms in total. The maximum absolute atomic E-state index is 6.06. The summed E-state index contributed by atoms with van der Waals surface area (Å²) in [7, 11) is 1.66. The molecule has 17 heavy (non-hydrogen) atoms. The number of morpholine rings is 1. The number of methoxy groups -OCH3 is 1. The van der Waals surface area contributed by atoms with Crippen LogP contribution in [0, 0.1) is 0 Å². The first-order valence-corrected chi connectivity index (χ1v) is 6.42. The van der Waals surface area contributed by atoms with E-state index >= 15 is 0 Å². The zero-order valence-electron chi connectivity index (χ0n) is 9.91. The Bertz CT molecular complexity index is 392. The molecular formula is C12H17BrN2O2. The first-order chi connectivity index (χ1) is 8.20. The number of benzene rings is 1. The number of hydrogen-bond acceptors (Lipinski definition) is 4. The van der Waals surface area contributed by atoms with Crippen LogP contribution in [0.25, 0.3) is 0 Å². The Kier molecular flexibility index (Phi) is 4.25. The van der Waals surface area contributed by atoms with Gasteiger partial charge in [-0.1, -0.05) is 0 Å². The van der Waals surface area contributed by atoms with Gasteiger partial charge in [0, 0.05) is 24.1 Å². The van der Waals surface area contributed by atoms with Crippen LogP contribution in [-0.2, 0) is 11.3 Å². The summed E-state index contributed by atoms with van der Waals surface area (Å²) in [5.74, 6) is 0.828. The molecule has 0 aromatic heterocycles. The fourth-order valence-electron chi connectivity index (χ4n) is 1.90. The summed E-state index contributed by atoms with van der Waals surface area (Å²) in [6.07, 6.45) is 0. The predicted octanol–water partition coefficient (Wildman–Crippen LogP) is 1.87. The van der Waals surface area contributed by atoms with E-state index in [0.29, 0.717) is 0 Å². The lowest BCUT2D eigenvalue weighted by molar-refractivity contribution is 0.0342. The maximum Gasteiger partial charge on any atom is 0.120 e. The van der Waals surface area contributed by atoms with E-state index in [1.165, 1.54) is 0 Å². The van der Waals surface area contributed by atoms with Crippen LogP contribution < -0.4 is 10.5 Å². The molecule has 0 unspecified atom stereocenters. The van der Waals surface area contributed by atoms with E-state index in [2.05, 4.69) is 20.8 Å². The Labute approximate surface area is 110 Å². The van der Waals surface area contributed by atoms with Gasteiger partial charge < -0.3 is 15.2 Å². The number of rotatable bonds is 3. The second-order valence-corrected chi connectivity index (χ2v) is 4.92. The van der Waals surface area contributed by atoms with Crippen LogP contribution in [-0.4, -0.2) is 38.3 Å². The van der Waals surface area contributed by atoms with Crippen molar-refractivity contribution in [1.82, 2.24) is 4.90 Å². The second kappa shape index (κ2) is 5.71. The molecule has 1 saturated heterocycles. The average Bonchev–Trinajstić information content (AvgIpc) is 2.36. The fourth-order valence-corrected chi connectivity index (χ4v) is 2.38. The number of halogens is 1. The zero-order chi connectivity index (χ0) is 12.3. The third-order valence-electron chi connectivity index (χ3n) is 2.92. The van der Waals surface area contributed by atoms with Gasteiger partial charge >= 0.3 is 0 Å². The molecule has 1 heterocycles. The summed E-state index contributed by atoms with van der Waals surface area (Å²) in [6, 6.07) is 3.88. The Morgan fingerprint density at radius 2 is 2.12 bits per heavy atom. The van der Waals surface area contributed by atoms with Crippen LogP contribution in [0.4, 0.5) is 5.69 Å². The van der Waals surface area contributed by atoms with Crippen molar-refractivity contribution in [3.8, 4) is 5.75 Å². The molecule has 0 radical (unpaired) electrons. The molecule has 2 rings (SSSR count). The van der Waals surface area contributed by atoms with Crippen LogP contribution in [0.1, 0.15) is 5.56 Å². The van der Waals surface area contributed by atoms with E-state index in [4.69, 9.17) is 15.2 Å². The molecule has 2 N–H and O–H groups in total. The van der Waals surface area contributed by atoms with E-state index in [9.17, 15) is 0 Å². The van der Waals surface area contributed by atoms with E-state index in [1.54, 1.807) is 7.11 Å². The normalized spacial score (nSPS) is 17.1. The van der Waals surface area contributed by atoms with Crippen LogP contribution in [0.15, 0.2) is 16.6 Å². The highest BCUT2D eigenvalue weighted by Crippen LogP contribution is 2.30. The third kappa shape index (κ3) is 3.12. The average molecular weight is 301 g/mol. The summed E-state index contributed by atoms with van der Waals surface area (Å²) >= 11 is 3.45. The number of hydrogen-bond donors (Lipinski definition) is 1. The minimum absolute atomic E-state index is 0.789. The van der Waals surface area contributed by atoms with Gasteiger partial charge in [-0.15, -0.1) is 0 Å². The van der Waals surface area contributed by atoms with Crippen LogP contribution in [0.2, 0.25) is 0 Å². The highest BCUT2D eigenvalue weighted by atomic mass is 79.9. The maximum atomic E-state index is 6.06. The first kappa shape index (κ1) is 12.7. The molecule has 0 saturated carbocycles. The summed E-state index contributed by atoms with van der Waals surface area (Å²) in [4.78, 5) is 2.33. The minimum Gasteiger partial charge on any atom is -0.497 e. The zero-order valence-corrected chi connectivity index (χ0v) is 11.5. The van der Waals surface area contributed by atoms with E-state index in [-0.39, 0.29) is 0 Å². The lowest BCUT2D eigenvalue weighted by Crippen LogP contribution is -2.35. The summed E-state index contributed by atoms with van der Waals surface area (Å²) < 4.78 is 11.5. The van der Waals surface area contributed by atoms with Crippen LogP contribution in [0.5, 0.6) is 5.75 Å². The van der Waals surface area contributed by atoms with Gasteiger partial charge in [-0.2, -0.15) is 0 Å².